The zero-order valence-electron chi connectivity index (χ0n) is 13.2. The van der Waals surface area contributed by atoms with Gasteiger partial charge in [0.05, 0.1) is 13.2 Å². The Bertz CT molecular complexity index is 620. The van der Waals surface area contributed by atoms with Crippen molar-refractivity contribution in [2.45, 2.75) is 31.8 Å². The van der Waals surface area contributed by atoms with E-state index in [4.69, 9.17) is 11.6 Å². The number of ether oxygens (including phenoxy) is 1. The van der Waals surface area contributed by atoms with Gasteiger partial charge in [0.1, 0.15) is 0 Å². The molecule has 0 spiro atoms. The molecule has 0 aliphatic rings. The second-order valence-corrected chi connectivity index (χ2v) is 5.95. The fourth-order valence-electron chi connectivity index (χ4n) is 2.41. The molecule has 4 heteroatoms. The van der Waals surface area contributed by atoms with Gasteiger partial charge in [-0.25, -0.2) is 0 Å². The lowest BCUT2D eigenvalue weighted by Crippen LogP contribution is -2.02. The van der Waals surface area contributed by atoms with Gasteiger partial charge in [-0.2, -0.15) is 0 Å². The summed E-state index contributed by atoms with van der Waals surface area (Å²) in [5, 5.41) is 11.0. The second kappa shape index (κ2) is 8.70. The molecule has 0 aromatic heterocycles. The molecule has 0 saturated carbocycles. The van der Waals surface area contributed by atoms with Crippen LogP contribution in [0.1, 0.15) is 35.6 Å². The van der Waals surface area contributed by atoms with Crippen molar-refractivity contribution >= 4 is 17.6 Å². The number of rotatable bonds is 7. The molecule has 122 valence electrons. The van der Waals surface area contributed by atoms with Gasteiger partial charge in [0.25, 0.3) is 0 Å². The minimum Gasteiger partial charge on any atom is -0.469 e. The number of benzene rings is 2. The van der Waals surface area contributed by atoms with Gasteiger partial charge in [-0.3, -0.25) is 4.79 Å². The van der Waals surface area contributed by atoms with E-state index in [1.165, 1.54) is 7.11 Å². The van der Waals surface area contributed by atoms with Crippen LogP contribution in [-0.2, 0) is 22.4 Å². The smallest absolute Gasteiger partial charge is 0.305 e. The predicted molar refractivity (Wildman–Crippen MR) is 91.5 cm³/mol. The number of methoxy groups -OCH3 is 1. The summed E-state index contributed by atoms with van der Waals surface area (Å²) in [4.78, 5) is 11.1. The molecule has 3 nitrogen and oxygen atoms in total. The van der Waals surface area contributed by atoms with Crippen LogP contribution in [0.15, 0.2) is 48.5 Å². The minimum atomic E-state index is -0.541. The van der Waals surface area contributed by atoms with Crippen LogP contribution in [0.5, 0.6) is 0 Å². The Balaban J connectivity index is 1.88. The number of carbonyl (C=O) groups is 1. The normalized spacial score (nSPS) is 12.0. The van der Waals surface area contributed by atoms with E-state index in [0.29, 0.717) is 17.9 Å². The molecule has 1 unspecified atom stereocenters. The molecule has 0 saturated heterocycles. The summed E-state index contributed by atoms with van der Waals surface area (Å²) in [6.45, 7) is 0. The maximum Gasteiger partial charge on any atom is 0.305 e. The van der Waals surface area contributed by atoms with Crippen molar-refractivity contribution in [2.24, 2.45) is 0 Å². The van der Waals surface area contributed by atoms with Crippen molar-refractivity contribution in [1.82, 2.24) is 0 Å². The molecule has 0 aliphatic heterocycles. The molecule has 2 aromatic carbocycles. The zero-order valence-corrected chi connectivity index (χ0v) is 13.9. The van der Waals surface area contributed by atoms with Gasteiger partial charge in [0.2, 0.25) is 0 Å². The molecule has 0 amide bonds. The summed E-state index contributed by atoms with van der Waals surface area (Å²) in [5.74, 6) is -0.181. The van der Waals surface area contributed by atoms with Crippen molar-refractivity contribution in [1.29, 1.82) is 0 Å². The third kappa shape index (κ3) is 5.70. The van der Waals surface area contributed by atoms with Gasteiger partial charge in [-0.15, -0.1) is 0 Å². The van der Waals surface area contributed by atoms with Gasteiger partial charge in [-0.05, 0) is 41.7 Å². The average molecular weight is 333 g/mol. The lowest BCUT2D eigenvalue weighted by Gasteiger charge is -2.12. The Labute approximate surface area is 141 Å². The van der Waals surface area contributed by atoms with Gasteiger partial charge in [-0.1, -0.05) is 48.0 Å². The van der Waals surface area contributed by atoms with Crippen LogP contribution in [0.25, 0.3) is 0 Å². The minimum absolute atomic E-state index is 0.181. The monoisotopic (exact) mass is 332 g/mol. The third-order valence-electron chi connectivity index (χ3n) is 3.78. The van der Waals surface area contributed by atoms with Gasteiger partial charge >= 0.3 is 5.97 Å². The fourth-order valence-corrected chi connectivity index (χ4v) is 2.53. The van der Waals surface area contributed by atoms with E-state index in [2.05, 4.69) is 4.74 Å². The standard InChI is InChI=1S/C19H21ClO3/c1-23-19(22)4-2-3-14-5-9-16(10-6-14)18(21)13-15-7-11-17(20)12-8-15/h5-12,18,21H,2-4,13H2,1H3. The van der Waals surface area contributed by atoms with Crippen LogP contribution in [0.3, 0.4) is 0 Å². The summed E-state index contributed by atoms with van der Waals surface area (Å²) >= 11 is 5.86. The molecule has 0 fully saturated rings. The molecule has 0 heterocycles. The molecular weight excluding hydrogens is 312 g/mol. The number of esters is 1. The second-order valence-electron chi connectivity index (χ2n) is 5.52. The van der Waals surface area contributed by atoms with Gasteiger partial charge in [0.15, 0.2) is 0 Å². The molecule has 0 bridgehead atoms. The predicted octanol–water partition coefficient (Wildman–Crippen LogP) is 4.11. The number of carbonyl (C=O) groups excluding carboxylic acids is 1. The number of aryl methyl sites for hydroxylation is 1. The highest BCUT2D eigenvalue weighted by Crippen LogP contribution is 2.20. The zero-order chi connectivity index (χ0) is 16.7. The topological polar surface area (TPSA) is 46.5 Å². The third-order valence-corrected chi connectivity index (χ3v) is 4.03. The first-order valence-electron chi connectivity index (χ1n) is 7.66. The van der Waals surface area contributed by atoms with E-state index in [9.17, 15) is 9.90 Å². The maximum atomic E-state index is 11.1. The van der Waals surface area contributed by atoms with E-state index < -0.39 is 6.10 Å². The molecular formula is C19H21ClO3. The average Bonchev–Trinajstić information content (AvgIpc) is 2.57. The first-order chi connectivity index (χ1) is 11.1. The van der Waals surface area contributed by atoms with Crippen LogP contribution in [-0.4, -0.2) is 18.2 Å². The summed E-state index contributed by atoms with van der Waals surface area (Å²) < 4.78 is 4.62. The van der Waals surface area contributed by atoms with Crippen molar-refractivity contribution in [3.63, 3.8) is 0 Å². The van der Waals surface area contributed by atoms with E-state index in [0.717, 1.165) is 29.5 Å². The van der Waals surface area contributed by atoms with E-state index in [-0.39, 0.29) is 5.97 Å². The van der Waals surface area contributed by atoms with Crippen LogP contribution >= 0.6 is 11.6 Å². The molecule has 2 aromatic rings. The molecule has 23 heavy (non-hydrogen) atoms. The Morgan fingerprint density at radius 1 is 1.09 bits per heavy atom. The van der Waals surface area contributed by atoms with Crippen LogP contribution in [0, 0.1) is 0 Å². The summed E-state index contributed by atoms with van der Waals surface area (Å²) in [7, 11) is 1.40. The van der Waals surface area contributed by atoms with Crippen molar-refractivity contribution in [2.75, 3.05) is 7.11 Å². The molecule has 1 N–H and O–H groups in total. The number of halogens is 1. The van der Waals surface area contributed by atoms with Crippen molar-refractivity contribution < 1.29 is 14.6 Å². The Morgan fingerprint density at radius 3 is 2.30 bits per heavy atom. The van der Waals surface area contributed by atoms with E-state index in [1.807, 2.05) is 48.5 Å². The highest BCUT2D eigenvalue weighted by atomic mass is 35.5. The molecule has 2 rings (SSSR count). The van der Waals surface area contributed by atoms with Gasteiger partial charge in [0, 0.05) is 17.9 Å². The lowest BCUT2D eigenvalue weighted by atomic mass is 9.99. The van der Waals surface area contributed by atoms with Crippen molar-refractivity contribution in [3.05, 3.63) is 70.2 Å². The van der Waals surface area contributed by atoms with E-state index >= 15 is 0 Å². The van der Waals surface area contributed by atoms with Gasteiger partial charge < -0.3 is 9.84 Å². The number of aliphatic hydroxyl groups is 1. The first kappa shape index (κ1) is 17.5. The van der Waals surface area contributed by atoms with Crippen LogP contribution in [0.2, 0.25) is 5.02 Å². The van der Waals surface area contributed by atoms with Crippen molar-refractivity contribution in [3.8, 4) is 0 Å². The fraction of sp³-hybridized carbons (Fsp3) is 0.316. The van der Waals surface area contributed by atoms with Crippen LogP contribution in [0.4, 0.5) is 0 Å². The largest absolute Gasteiger partial charge is 0.469 e. The van der Waals surface area contributed by atoms with Crippen LogP contribution < -0.4 is 0 Å². The summed E-state index contributed by atoms with van der Waals surface area (Å²) in [5.41, 5.74) is 3.08. The number of hydrogen-bond donors (Lipinski definition) is 1. The highest BCUT2D eigenvalue weighted by Gasteiger charge is 2.09. The Hall–Kier alpha value is -1.84. The first-order valence-corrected chi connectivity index (χ1v) is 8.04. The number of aliphatic hydroxyl groups excluding tert-OH is 1. The lowest BCUT2D eigenvalue weighted by molar-refractivity contribution is -0.140. The Kier molecular flexibility index (Phi) is 6.63. The number of hydrogen-bond acceptors (Lipinski definition) is 3. The quantitative estimate of drug-likeness (QED) is 0.776. The molecule has 1 atom stereocenters. The Morgan fingerprint density at radius 2 is 1.70 bits per heavy atom. The summed E-state index contributed by atoms with van der Waals surface area (Å²) in [6.07, 6.45) is 2.03. The summed E-state index contributed by atoms with van der Waals surface area (Å²) in [6, 6.07) is 15.4. The maximum absolute atomic E-state index is 11.1. The van der Waals surface area contributed by atoms with E-state index in [1.54, 1.807) is 0 Å². The highest BCUT2D eigenvalue weighted by molar-refractivity contribution is 6.30. The molecule has 0 aliphatic carbocycles. The SMILES string of the molecule is COC(=O)CCCc1ccc(C(O)Cc2ccc(Cl)cc2)cc1. The molecule has 0 radical (unpaired) electrons.